The quantitative estimate of drug-likeness (QED) is 0.242. The smallest absolute Gasteiger partial charge is 0.410 e. The van der Waals surface area contributed by atoms with Crippen molar-refractivity contribution >= 4 is 34.5 Å². The van der Waals surface area contributed by atoms with Gasteiger partial charge in [0.2, 0.25) is 11.7 Å². The molecule has 6 rings (SSSR count). The van der Waals surface area contributed by atoms with Crippen LogP contribution in [0.2, 0.25) is 5.02 Å². The Morgan fingerprint density at radius 1 is 1.12 bits per heavy atom. The number of alkyl halides is 1. The Morgan fingerprint density at radius 3 is 2.63 bits per heavy atom. The first-order valence-electron chi connectivity index (χ1n) is 14.1. The number of carbonyl (C=O) groups is 1. The van der Waals surface area contributed by atoms with Gasteiger partial charge < -0.3 is 19.1 Å². The van der Waals surface area contributed by atoms with Crippen LogP contribution in [0.1, 0.15) is 63.4 Å². The second-order valence-electron chi connectivity index (χ2n) is 11.9. The molecule has 2 fully saturated rings. The predicted molar refractivity (Wildman–Crippen MR) is 154 cm³/mol. The fourth-order valence-electron chi connectivity index (χ4n) is 5.65. The Balaban J connectivity index is 1.28. The van der Waals surface area contributed by atoms with Crippen molar-refractivity contribution in [3.8, 4) is 11.4 Å². The minimum absolute atomic E-state index is 0.0122. The molecule has 2 atom stereocenters. The first-order valence-corrected chi connectivity index (χ1v) is 14.5. The number of anilines is 1. The SMILES string of the molecule is CC(C)(C)OC(=O)N1CCC(c2nc(-c3c(Cl)cnc4ccc(N5C[C@@H](F)C[C@@H]5c5cc(F)ccc5F)nc34)no2)CC1. The largest absolute Gasteiger partial charge is 0.444 e. The summed E-state index contributed by atoms with van der Waals surface area (Å²) in [4.78, 5) is 29.5. The van der Waals surface area contributed by atoms with Crippen LogP contribution in [0.15, 0.2) is 41.1 Å². The zero-order valence-electron chi connectivity index (χ0n) is 23.9. The standard InChI is InChI=1S/C30H30ClF3N6O3/c1-30(2,3)42-29(41)39-10-8-16(9-11-39)28-37-27(38-43-28)25-20(31)14-35-22-6-7-24(36-26(22)25)40-15-18(33)13-23(40)19-12-17(32)4-5-21(19)34/h4-7,12,14,16,18,23H,8-11,13,15H2,1-3H3/t18-,23+/m0/s1. The van der Waals surface area contributed by atoms with Crippen LogP contribution in [-0.4, -0.2) is 62.5 Å². The van der Waals surface area contributed by atoms with Crippen LogP contribution in [0.25, 0.3) is 22.4 Å². The normalized spacial score (nSPS) is 19.8. The number of carbonyl (C=O) groups excluding carboxylic acids is 1. The van der Waals surface area contributed by atoms with Gasteiger partial charge in [-0.3, -0.25) is 4.98 Å². The number of aromatic nitrogens is 4. The molecule has 0 radical (unpaired) electrons. The second-order valence-corrected chi connectivity index (χ2v) is 12.3. The number of amides is 1. The molecule has 226 valence electrons. The van der Waals surface area contributed by atoms with E-state index < -0.39 is 29.4 Å². The lowest BCUT2D eigenvalue weighted by Gasteiger charge is -2.32. The van der Waals surface area contributed by atoms with E-state index >= 15 is 0 Å². The number of piperidine rings is 1. The van der Waals surface area contributed by atoms with Crippen molar-refractivity contribution < 1.29 is 27.2 Å². The molecule has 1 aromatic carbocycles. The average molecular weight is 615 g/mol. The summed E-state index contributed by atoms with van der Waals surface area (Å²) in [7, 11) is 0. The lowest BCUT2D eigenvalue weighted by atomic mass is 9.97. The Hall–Kier alpha value is -3.93. The number of pyridine rings is 2. The van der Waals surface area contributed by atoms with Crippen molar-refractivity contribution in [2.45, 2.75) is 63.8 Å². The number of hydrogen-bond acceptors (Lipinski definition) is 8. The number of rotatable bonds is 4. The fourth-order valence-corrected chi connectivity index (χ4v) is 5.87. The maximum atomic E-state index is 14.7. The van der Waals surface area contributed by atoms with Gasteiger partial charge in [-0.25, -0.2) is 22.9 Å². The van der Waals surface area contributed by atoms with Crippen molar-refractivity contribution in [1.82, 2.24) is 25.0 Å². The monoisotopic (exact) mass is 614 g/mol. The minimum atomic E-state index is -1.26. The van der Waals surface area contributed by atoms with Crippen LogP contribution in [0, 0.1) is 11.6 Å². The third kappa shape index (κ3) is 5.97. The van der Waals surface area contributed by atoms with E-state index in [0.717, 1.165) is 18.2 Å². The van der Waals surface area contributed by atoms with Gasteiger partial charge in [0.25, 0.3) is 0 Å². The van der Waals surface area contributed by atoms with Crippen molar-refractivity contribution in [1.29, 1.82) is 0 Å². The third-order valence-corrected chi connectivity index (χ3v) is 7.96. The zero-order valence-corrected chi connectivity index (χ0v) is 24.6. The zero-order chi connectivity index (χ0) is 30.5. The molecule has 0 saturated carbocycles. The molecule has 0 N–H and O–H groups in total. The van der Waals surface area contributed by atoms with Crippen molar-refractivity contribution in [3.63, 3.8) is 0 Å². The average Bonchev–Trinajstić information content (AvgIpc) is 3.60. The molecule has 0 aliphatic carbocycles. The molecule has 2 aliphatic rings. The second kappa shape index (κ2) is 11.3. The van der Waals surface area contributed by atoms with E-state index in [4.69, 9.17) is 25.8 Å². The van der Waals surface area contributed by atoms with E-state index in [1.165, 1.54) is 6.20 Å². The van der Waals surface area contributed by atoms with E-state index in [1.54, 1.807) is 21.9 Å². The third-order valence-electron chi connectivity index (χ3n) is 7.67. The van der Waals surface area contributed by atoms with Crippen molar-refractivity contribution in [2.75, 3.05) is 24.5 Å². The van der Waals surface area contributed by atoms with Gasteiger partial charge in [-0.05, 0) is 63.9 Å². The maximum Gasteiger partial charge on any atom is 0.410 e. The van der Waals surface area contributed by atoms with E-state index in [1.807, 2.05) is 20.8 Å². The summed E-state index contributed by atoms with van der Waals surface area (Å²) in [5.74, 6) is -0.311. The Morgan fingerprint density at radius 2 is 1.88 bits per heavy atom. The summed E-state index contributed by atoms with van der Waals surface area (Å²) in [5.41, 5.74) is 0.725. The Kier molecular flexibility index (Phi) is 7.66. The van der Waals surface area contributed by atoms with E-state index in [-0.39, 0.29) is 41.4 Å². The van der Waals surface area contributed by atoms with Gasteiger partial charge >= 0.3 is 6.09 Å². The molecular formula is C30H30ClF3N6O3. The van der Waals surface area contributed by atoms with E-state index in [9.17, 15) is 18.0 Å². The summed E-state index contributed by atoms with van der Waals surface area (Å²) in [6, 6.07) is 5.77. The molecule has 0 spiro atoms. The van der Waals surface area contributed by atoms with Gasteiger partial charge in [-0.15, -0.1) is 0 Å². The van der Waals surface area contributed by atoms with Gasteiger partial charge in [0, 0.05) is 37.2 Å². The Bertz CT molecular complexity index is 1670. The molecule has 2 saturated heterocycles. The molecule has 0 unspecified atom stereocenters. The highest BCUT2D eigenvalue weighted by Gasteiger charge is 2.36. The van der Waals surface area contributed by atoms with Crippen LogP contribution in [-0.2, 0) is 4.74 Å². The highest BCUT2D eigenvalue weighted by Crippen LogP contribution is 2.40. The summed E-state index contributed by atoms with van der Waals surface area (Å²) < 4.78 is 54.5. The van der Waals surface area contributed by atoms with E-state index in [2.05, 4.69) is 15.1 Å². The summed E-state index contributed by atoms with van der Waals surface area (Å²) >= 11 is 6.59. The molecule has 5 heterocycles. The number of benzene rings is 1. The number of ether oxygens (including phenoxy) is 1. The highest BCUT2D eigenvalue weighted by atomic mass is 35.5. The van der Waals surface area contributed by atoms with Gasteiger partial charge in [-0.2, -0.15) is 4.98 Å². The molecule has 3 aromatic heterocycles. The van der Waals surface area contributed by atoms with Gasteiger partial charge in [0.15, 0.2) is 0 Å². The number of likely N-dealkylation sites (tertiary alicyclic amines) is 1. The lowest BCUT2D eigenvalue weighted by molar-refractivity contribution is 0.0198. The number of nitrogens with zero attached hydrogens (tertiary/aromatic N) is 6. The molecule has 43 heavy (non-hydrogen) atoms. The van der Waals surface area contributed by atoms with Crippen LogP contribution in [0.3, 0.4) is 0 Å². The van der Waals surface area contributed by atoms with Crippen LogP contribution in [0.4, 0.5) is 23.8 Å². The van der Waals surface area contributed by atoms with Crippen molar-refractivity contribution in [3.05, 3.63) is 64.6 Å². The lowest BCUT2D eigenvalue weighted by Crippen LogP contribution is -2.41. The van der Waals surface area contributed by atoms with Gasteiger partial charge in [0.05, 0.1) is 28.7 Å². The molecule has 4 aromatic rings. The molecule has 1 amide bonds. The number of fused-ring (bicyclic) bond motifs is 1. The first-order chi connectivity index (χ1) is 20.5. The number of halogens is 4. The maximum absolute atomic E-state index is 14.7. The van der Waals surface area contributed by atoms with Gasteiger partial charge in [0.1, 0.15) is 34.7 Å². The molecule has 9 nitrogen and oxygen atoms in total. The minimum Gasteiger partial charge on any atom is -0.444 e. The first kappa shape index (κ1) is 29.2. The van der Waals surface area contributed by atoms with Crippen LogP contribution < -0.4 is 4.90 Å². The highest BCUT2D eigenvalue weighted by molar-refractivity contribution is 6.34. The fraction of sp³-hybridized carbons (Fsp3) is 0.433. The molecule has 13 heteroatoms. The number of hydrogen-bond donors (Lipinski definition) is 0. The molecular weight excluding hydrogens is 585 g/mol. The molecule has 0 bridgehead atoms. The summed E-state index contributed by atoms with van der Waals surface area (Å²) in [5, 5.41) is 4.43. The predicted octanol–water partition coefficient (Wildman–Crippen LogP) is 7.02. The molecule has 2 aliphatic heterocycles. The van der Waals surface area contributed by atoms with E-state index in [0.29, 0.717) is 54.2 Å². The van der Waals surface area contributed by atoms with Crippen LogP contribution >= 0.6 is 11.6 Å². The summed E-state index contributed by atoms with van der Waals surface area (Å²) in [6.45, 7) is 6.41. The van der Waals surface area contributed by atoms with Crippen LogP contribution in [0.5, 0.6) is 0 Å². The van der Waals surface area contributed by atoms with Crippen molar-refractivity contribution in [2.24, 2.45) is 0 Å². The summed E-state index contributed by atoms with van der Waals surface area (Å²) in [6.07, 6.45) is 1.07. The van der Waals surface area contributed by atoms with Gasteiger partial charge in [-0.1, -0.05) is 16.8 Å². The Labute approximate surface area is 251 Å². The topological polar surface area (TPSA) is 97.5 Å².